The fourth-order valence-electron chi connectivity index (χ4n) is 3.32. The zero-order chi connectivity index (χ0) is 23.6. The molecule has 0 aliphatic rings. The van der Waals surface area contributed by atoms with Crippen LogP contribution in [-0.2, 0) is 5.60 Å². The molecule has 1 aromatic heterocycles. The monoisotopic (exact) mass is 462 g/mol. The van der Waals surface area contributed by atoms with Gasteiger partial charge >= 0.3 is 12.7 Å². The van der Waals surface area contributed by atoms with Crippen LogP contribution in [-0.4, -0.2) is 38.0 Å². The number of nitrogens with zero attached hydrogens (tertiary/aromatic N) is 4. The highest BCUT2D eigenvalue weighted by molar-refractivity contribution is 5.42. The van der Waals surface area contributed by atoms with E-state index in [1.165, 1.54) is 24.3 Å². The zero-order valence-corrected chi connectivity index (χ0v) is 16.3. The van der Waals surface area contributed by atoms with Crippen molar-refractivity contribution in [2.24, 2.45) is 0 Å². The molecule has 1 unspecified atom stereocenters. The van der Waals surface area contributed by atoms with Crippen molar-refractivity contribution in [2.75, 3.05) is 0 Å². The molecule has 0 saturated heterocycles. The Kier molecular flexibility index (Phi) is 6.30. The summed E-state index contributed by atoms with van der Waals surface area (Å²) >= 11 is 0. The van der Waals surface area contributed by atoms with E-state index in [1.807, 2.05) is 0 Å². The number of benzene rings is 2. The molecule has 0 fully saturated rings. The Bertz CT molecular complexity index is 946. The number of hydrogen-bond acceptors (Lipinski definition) is 6. The van der Waals surface area contributed by atoms with Gasteiger partial charge in [0, 0.05) is 0 Å². The van der Waals surface area contributed by atoms with Gasteiger partial charge in [-0.25, -0.2) is 0 Å². The van der Waals surface area contributed by atoms with Gasteiger partial charge in [-0.2, -0.15) is 4.80 Å². The van der Waals surface area contributed by atoms with Gasteiger partial charge in [-0.15, -0.1) is 36.5 Å². The second-order valence-corrected chi connectivity index (χ2v) is 6.59. The minimum atomic E-state index is -4.90. The first-order valence-corrected chi connectivity index (χ1v) is 9.10. The van der Waals surface area contributed by atoms with E-state index in [2.05, 4.69) is 24.9 Å². The lowest BCUT2D eigenvalue weighted by atomic mass is 9.79. The fraction of sp³-hybridized carbons (Fsp3) is 0.316. The molecule has 172 valence electrons. The average molecular weight is 462 g/mol. The molecule has 1 N–H and O–H groups in total. The maximum Gasteiger partial charge on any atom is 0.573 e. The molecule has 0 spiro atoms. The number of ether oxygens (including phenoxy) is 2. The third-order valence-corrected chi connectivity index (χ3v) is 4.57. The first kappa shape index (κ1) is 23.3. The molecule has 0 radical (unpaired) electrons. The van der Waals surface area contributed by atoms with E-state index in [1.54, 1.807) is 6.92 Å². The van der Waals surface area contributed by atoms with Crippen LogP contribution in [0.1, 0.15) is 30.5 Å². The molecular formula is C19H16F6N4O3. The van der Waals surface area contributed by atoms with Gasteiger partial charge < -0.3 is 14.6 Å². The van der Waals surface area contributed by atoms with Crippen molar-refractivity contribution < 1.29 is 40.9 Å². The summed E-state index contributed by atoms with van der Waals surface area (Å²) in [7, 11) is 0. The van der Waals surface area contributed by atoms with Gasteiger partial charge in [0.15, 0.2) is 6.33 Å². The Balaban J connectivity index is 2.06. The normalized spacial score (nSPS) is 13.6. The number of hydrogen-bond donors (Lipinski definition) is 1. The quantitative estimate of drug-likeness (QED) is 0.526. The van der Waals surface area contributed by atoms with Crippen LogP contribution in [0.2, 0.25) is 0 Å². The van der Waals surface area contributed by atoms with Crippen molar-refractivity contribution in [1.82, 2.24) is 20.2 Å². The fourth-order valence-corrected chi connectivity index (χ4v) is 3.32. The SMILES string of the molecule is CCC(n1ncnn1)C(O)(c1ccc(OC(F)(F)F)cc1)c1ccc(OC(F)(F)F)cc1. The summed E-state index contributed by atoms with van der Waals surface area (Å²) in [5.74, 6) is -1.02. The molecule has 1 atom stereocenters. The maximum absolute atomic E-state index is 12.5. The summed E-state index contributed by atoms with van der Waals surface area (Å²) in [6.07, 6.45) is -8.44. The van der Waals surface area contributed by atoms with Gasteiger partial charge in [-0.3, -0.25) is 0 Å². The first-order chi connectivity index (χ1) is 14.9. The lowest BCUT2D eigenvalue weighted by Crippen LogP contribution is -2.39. The van der Waals surface area contributed by atoms with E-state index in [0.717, 1.165) is 35.4 Å². The van der Waals surface area contributed by atoms with E-state index in [0.29, 0.717) is 0 Å². The van der Waals surface area contributed by atoms with Gasteiger partial charge in [-0.1, -0.05) is 31.2 Å². The van der Waals surface area contributed by atoms with E-state index in [-0.39, 0.29) is 17.5 Å². The van der Waals surface area contributed by atoms with Gasteiger partial charge in [0.1, 0.15) is 23.1 Å². The van der Waals surface area contributed by atoms with E-state index in [4.69, 9.17) is 0 Å². The van der Waals surface area contributed by atoms with Crippen molar-refractivity contribution in [3.63, 3.8) is 0 Å². The molecule has 0 saturated carbocycles. The highest BCUT2D eigenvalue weighted by Crippen LogP contribution is 2.42. The summed E-state index contributed by atoms with van der Waals surface area (Å²) in [6.45, 7) is 1.70. The van der Waals surface area contributed by atoms with Crippen LogP contribution in [0.15, 0.2) is 54.9 Å². The van der Waals surface area contributed by atoms with Crippen molar-refractivity contribution in [3.8, 4) is 11.5 Å². The number of tetrazole rings is 1. The van der Waals surface area contributed by atoms with Crippen LogP contribution in [0.3, 0.4) is 0 Å². The molecule has 32 heavy (non-hydrogen) atoms. The smallest absolute Gasteiger partial charge is 0.406 e. The third kappa shape index (κ3) is 5.28. The van der Waals surface area contributed by atoms with Crippen LogP contribution in [0.4, 0.5) is 26.3 Å². The van der Waals surface area contributed by atoms with Gasteiger partial charge in [-0.05, 0) is 47.0 Å². The van der Waals surface area contributed by atoms with Crippen LogP contribution in [0, 0.1) is 0 Å². The first-order valence-electron chi connectivity index (χ1n) is 9.10. The molecule has 0 aliphatic carbocycles. The highest BCUT2D eigenvalue weighted by Gasteiger charge is 2.42. The molecule has 3 rings (SSSR count). The molecular weight excluding hydrogens is 446 g/mol. The molecule has 7 nitrogen and oxygen atoms in total. The van der Waals surface area contributed by atoms with Crippen molar-refractivity contribution in [3.05, 3.63) is 66.0 Å². The van der Waals surface area contributed by atoms with Crippen LogP contribution in [0.5, 0.6) is 11.5 Å². The topological polar surface area (TPSA) is 82.3 Å². The standard InChI is InChI=1S/C19H16F6N4O3/c1-2-16(29-27-11-26-28-29)17(30,12-3-7-14(8-4-12)31-18(20,21)22)13-5-9-15(10-6-13)32-19(23,24)25/h3-11,16,30H,2H2,1H3. The predicted molar refractivity (Wildman–Crippen MR) is 96.4 cm³/mol. The van der Waals surface area contributed by atoms with Crippen molar-refractivity contribution in [2.45, 2.75) is 37.7 Å². The Labute approximate surface area is 177 Å². The minimum absolute atomic E-state index is 0.126. The van der Waals surface area contributed by atoms with Crippen molar-refractivity contribution in [1.29, 1.82) is 0 Å². The Hall–Kier alpha value is -3.35. The summed E-state index contributed by atoms with van der Waals surface area (Å²) in [6, 6.07) is 7.97. The predicted octanol–water partition coefficient (Wildman–Crippen LogP) is 4.36. The Morgan fingerprint density at radius 3 is 1.59 bits per heavy atom. The third-order valence-electron chi connectivity index (χ3n) is 4.57. The van der Waals surface area contributed by atoms with Gasteiger partial charge in [0.05, 0.1) is 0 Å². The van der Waals surface area contributed by atoms with E-state index < -0.39 is 35.9 Å². The van der Waals surface area contributed by atoms with Gasteiger partial charge in [0.25, 0.3) is 0 Å². The van der Waals surface area contributed by atoms with Crippen LogP contribution >= 0.6 is 0 Å². The minimum Gasteiger partial charge on any atom is -0.406 e. The molecule has 3 aromatic rings. The number of aliphatic hydroxyl groups is 1. The molecule has 0 bridgehead atoms. The number of alkyl halides is 6. The van der Waals surface area contributed by atoms with E-state index >= 15 is 0 Å². The average Bonchev–Trinajstić information content (AvgIpc) is 3.21. The number of rotatable bonds is 7. The molecule has 13 heteroatoms. The molecule has 0 amide bonds. The lowest BCUT2D eigenvalue weighted by Gasteiger charge is -2.36. The van der Waals surface area contributed by atoms with Crippen LogP contribution in [0.25, 0.3) is 0 Å². The summed E-state index contributed by atoms with van der Waals surface area (Å²) in [4.78, 5) is 1.11. The Morgan fingerprint density at radius 1 is 0.844 bits per heavy atom. The second kappa shape index (κ2) is 8.65. The number of halogens is 6. The summed E-state index contributed by atoms with van der Waals surface area (Å²) in [5, 5.41) is 23.1. The molecule has 0 aliphatic heterocycles. The largest absolute Gasteiger partial charge is 0.573 e. The second-order valence-electron chi connectivity index (χ2n) is 6.59. The van der Waals surface area contributed by atoms with E-state index in [9.17, 15) is 31.4 Å². The van der Waals surface area contributed by atoms with Crippen LogP contribution < -0.4 is 9.47 Å². The zero-order valence-electron chi connectivity index (χ0n) is 16.3. The highest BCUT2D eigenvalue weighted by atomic mass is 19.4. The summed E-state index contributed by atoms with van der Waals surface area (Å²) < 4.78 is 82.5. The maximum atomic E-state index is 12.5. The number of aromatic nitrogens is 4. The molecule has 1 heterocycles. The van der Waals surface area contributed by atoms with Crippen molar-refractivity contribution >= 4 is 0 Å². The van der Waals surface area contributed by atoms with Gasteiger partial charge in [0.2, 0.25) is 0 Å². The lowest BCUT2D eigenvalue weighted by molar-refractivity contribution is -0.275. The summed E-state index contributed by atoms with van der Waals surface area (Å²) in [5.41, 5.74) is -1.70. The molecule has 2 aromatic carbocycles. The Morgan fingerprint density at radius 2 is 1.28 bits per heavy atom.